The van der Waals surface area contributed by atoms with E-state index in [0.29, 0.717) is 36.3 Å². The zero-order chi connectivity index (χ0) is 84.8. The Hall–Kier alpha value is -8.96. The summed E-state index contributed by atoms with van der Waals surface area (Å²) in [4.78, 5) is 213. The number of phenols is 1. The van der Waals surface area contributed by atoms with Crippen LogP contribution in [0.25, 0.3) is 0 Å². The zero-order valence-electron chi connectivity index (χ0n) is 66.6. The van der Waals surface area contributed by atoms with Crippen LogP contribution < -0.4 is 69.5 Å². The number of ether oxygens (including phenoxy) is 1. The van der Waals surface area contributed by atoms with Crippen LogP contribution in [0.3, 0.4) is 0 Å². The van der Waals surface area contributed by atoms with E-state index in [2.05, 4.69) is 70.7 Å². The molecule has 4 fully saturated rings. The van der Waals surface area contributed by atoms with Gasteiger partial charge in [-0.25, -0.2) is 4.79 Å². The number of primary amides is 1. The van der Waals surface area contributed by atoms with Crippen LogP contribution in [-0.2, 0) is 83.1 Å². The lowest BCUT2D eigenvalue weighted by Crippen LogP contribution is -2.64. The Balaban J connectivity index is 0.0000278. The first kappa shape index (κ1) is 98.4. The topological polar surface area (TPSA) is 604 Å². The second kappa shape index (κ2) is 48.5. The number of nitrogens with one attached hydrogen (secondary N) is 12. The molecule has 0 saturated carbocycles. The number of esters is 1. The van der Waals surface area contributed by atoms with Gasteiger partial charge in [0, 0.05) is 32.5 Å². The van der Waals surface area contributed by atoms with E-state index >= 15 is 0 Å². The molecule has 115 heavy (non-hydrogen) atoms. The van der Waals surface area contributed by atoms with Crippen molar-refractivity contribution in [3.63, 3.8) is 0 Å². The third-order valence-electron chi connectivity index (χ3n) is 20.4. The quantitative estimate of drug-likeness (QED) is 0.0289. The molecule has 0 bridgehead atoms. The number of benzene rings is 1. The number of carbonyl (C=O) groups is 15. The van der Waals surface area contributed by atoms with E-state index in [-0.39, 0.29) is 62.7 Å². The summed E-state index contributed by atoms with van der Waals surface area (Å²) in [5.41, 5.74) is 5.72. The lowest BCUT2D eigenvalue weighted by Gasteiger charge is -2.34. The first-order valence-electron chi connectivity index (χ1n) is 39.5. The fourth-order valence-electron chi connectivity index (χ4n) is 13.6. The van der Waals surface area contributed by atoms with Crippen LogP contribution >= 0.6 is 12.4 Å². The second-order valence-electron chi connectivity index (χ2n) is 30.5. The van der Waals surface area contributed by atoms with Gasteiger partial charge in [-0.15, -0.1) is 12.4 Å². The summed E-state index contributed by atoms with van der Waals surface area (Å²) in [6, 6.07) is -15.1. The van der Waals surface area contributed by atoms with E-state index in [4.69, 9.17) is 10.5 Å². The van der Waals surface area contributed by atoms with Crippen LogP contribution in [0.5, 0.6) is 5.75 Å². The van der Waals surface area contributed by atoms with Gasteiger partial charge in [0.2, 0.25) is 82.7 Å². The predicted octanol–water partition coefficient (Wildman–Crippen LogP) is -5.53. The standard InChI is InChI=1S/C75H121N15O24.ClH/c1-9-10-11-12-13-14-15-16-17-18-19-21-47-34-55(100)83-58(40(5)91)69(107)80-39(4)64(102)82-50(32-44-23-25-45(95)26-24-44)66(104)85-57(38(2)3)73(111)90-37-46(96)33-51(90)67(105)86-60(42(7)93)71(109)87-61(43(8)94)74(112)89-31-28-52(97)63(89)72(110)88-62(53(98)35-54(76)99)68(106)79-36-56(101)84-59(41(6)92)70(108)81-49(75(113)114-47)22-20-29-78-65(103)48-27-30-77-48;/h23-26,38-43,46-53,57-63,77,91-98H,9-22,27-37H2,1-8H3,(H2,76,99)(H,78,103)(H,79,106)(H,80,107)(H,81,108)(H,82,102)(H,83,100)(H,84,101)(H,85,104)(H,86,105)(H,87,109)(H,88,110);1H/t39-,40-,41-,42-,43-,46-,47-,48+,49+,50+,51+,52+,53-,57+,58-,59-,60-,61+,62+,63+;/m1./s1. The number of aromatic hydroxyl groups is 1. The fraction of sp³-hybridized carbons (Fsp3) is 0.720. The number of aliphatic hydroxyl groups excluding tert-OH is 7. The highest BCUT2D eigenvalue weighted by atomic mass is 35.5. The number of amides is 14. The molecule has 4 aliphatic rings. The van der Waals surface area contributed by atoms with Crippen LogP contribution in [0.15, 0.2) is 24.3 Å². The Kier molecular flexibility index (Phi) is 41.5. The maximum absolute atomic E-state index is 14.8. The molecular formula is C75H122ClN15O24. The van der Waals surface area contributed by atoms with Gasteiger partial charge in [-0.1, -0.05) is 97.1 Å². The normalized spacial score (nSPS) is 28.2. The van der Waals surface area contributed by atoms with Crippen LogP contribution in [0, 0.1) is 5.92 Å². The first-order chi connectivity index (χ1) is 53.8. The summed E-state index contributed by atoms with van der Waals surface area (Å²) in [6.45, 7) is 9.20. The summed E-state index contributed by atoms with van der Waals surface area (Å²) in [5.74, 6) is -17.7. The number of unbranched alkanes of at least 4 members (excludes halogenated alkanes) is 10. The Morgan fingerprint density at radius 3 is 1.63 bits per heavy atom. The molecule has 1 aromatic rings. The lowest BCUT2D eigenvalue weighted by molar-refractivity contribution is -0.155. The van der Waals surface area contributed by atoms with Crippen molar-refractivity contribution < 1.29 is 118 Å². The summed E-state index contributed by atoms with van der Waals surface area (Å²) in [5, 5.41) is 117. The highest BCUT2D eigenvalue weighted by Crippen LogP contribution is 2.25. The van der Waals surface area contributed by atoms with E-state index in [9.17, 15) is 113 Å². The number of nitrogens with zero attached hydrogens (tertiary/aromatic N) is 2. The summed E-state index contributed by atoms with van der Waals surface area (Å²) >= 11 is 0. The van der Waals surface area contributed by atoms with Gasteiger partial charge in [-0.05, 0) is 103 Å². The molecule has 20 atom stereocenters. The number of hydrogen-bond donors (Lipinski definition) is 21. The number of cyclic esters (lactones) is 1. The minimum Gasteiger partial charge on any atom is -0.508 e. The van der Waals surface area contributed by atoms with Gasteiger partial charge in [0.25, 0.3) is 0 Å². The largest absolute Gasteiger partial charge is 0.508 e. The average molecular weight is 1650 g/mol. The van der Waals surface area contributed by atoms with Gasteiger partial charge in [0.15, 0.2) is 0 Å². The van der Waals surface area contributed by atoms with Crippen molar-refractivity contribution in [3.05, 3.63) is 29.8 Å². The summed E-state index contributed by atoms with van der Waals surface area (Å²) in [6.07, 6.45) is -6.04. The molecule has 0 spiro atoms. The maximum Gasteiger partial charge on any atom is 0.328 e. The van der Waals surface area contributed by atoms with Crippen molar-refractivity contribution in [2.24, 2.45) is 11.7 Å². The van der Waals surface area contributed by atoms with E-state index in [1.807, 2.05) is 0 Å². The van der Waals surface area contributed by atoms with E-state index in [1.165, 1.54) is 45.0 Å². The van der Waals surface area contributed by atoms with Crippen LogP contribution in [0.1, 0.15) is 183 Å². The van der Waals surface area contributed by atoms with Crippen molar-refractivity contribution in [1.82, 2.24) is 73.6 Å². The molecular weight excluding hydrogens is 1530 g/mol. The Bertz CT molecular complexity index is 3440. The number of fused-ring (bicyclic) bond motifs is 2. The average Bonchev–Trinajstić information content (AvgIpc) is 1.68. The molecule has 0 aliphatic carbocycles. The number of carbonyl (C=O) groups excluding carboxylic acids is 15. The Morgan fingerprint density at radius 2 is 1.08 bits per heavy atom. The van der Waals surface area contributed by atoms with Crippen molar-refractivity contribution >= 4 is 101 Å². The maximum atomic E-state index is 14.8. The van der Waals surface area contributed by atoms with Crippen molar-refractivity contribution in [1.29, 1.82) is 0 Å². The number of aliphatic hydroxyl groups is 7. The minimum atomic E-state index is -2.24. The molecule has 1 aromatic carbocycles. The smallest absolute Gasteiger partial charge is 0.328 e. The zero-order valence-corrected chi connectivity index (χ0v) is 67.4. The van der Waals surface area contributed by atoms with Gasteiger partial charge in [-0.3, -0.25) is 67.1 Å². The fourth-order valence-corrected chi connectivity index (χ4v) is 13.6. The first-order valence-corrected chi connectivity index (χ1v) is 39.5. The molecule has 14 amide bonds. The van der Waals surface area contributed by atoms with Gasteiger partial charge in [0.1, 0.15) is 78.3 Å². The van der Waals surface area contributed by atoms with E-state index < -0.39 is 249 Å². The molecule has 648 valence electrons. The van der Waals surface area contributed by atoms with Gasteiger partial charge in [-0.2, -0.15) is 0 Å². The molecule has 0 unspecified atom stereocenters. The molecule has 0 radical (unpaired) electrons. The number of rotatable bonds is 27. The monoisotopic (exact) mass is 1650 g/mol. The number of halogens is 1. The van der Waals surface area contributed by atoms with Crippen molar-refractivity contribution in [2.75, 3.05) is 32.7 Å². The highest BCUT2D eigenvalue weighted by molar-refractivity contribution is 6.00. The molecule has 39 nitrogen and oxygen atoms in total. The molecule has 22 N–H and O–H groups in total. The van der Waals surface area contributed by atoms with Gasteiger partial charge >= 0.3 is 5.97 Å². The molecule has 0 aromatic heterocycles. The molecule has 5 rings (SSSR count). The van der Waals surface area contributed by atoms with Gasteiger partial charge < -0.3 is 125 Å². The van der Waals surface area contributed by atoms with Crippen LogP contribution in [0.2, 0.25) is 0 Å². The Labute approximate surface area is 674 Å². The van der Waals surface area contributed by atoms with E-state index in [1.54, 1.807) is 0 Å². The molecule has 4 aliphatic heterocycles. The van der Waals surface area contributed by atoms with E-state index in [0.717, 1.165) is 90.4 Å². The number of hydrogen-bond acceptors (Lipinski definition) is 25. The van der Waals surface area contributed by atoms with Gasteiger partial charge in [0.05, 0.1) is 68.2 Å². The number of phenolic OH excluding ortho intramolecular Hbond substituents is 1. The molecule has 40 heteroatoms. The molecule has 4 heterocycles. The number of nitrogens with two attached hydrogens (primary N) is 1. The van der Waals surface area contributed by atoms with Crippen LogP contribution in [-0.4, -0.2) is 293 Å². The highest BCUT2D eigenvalue weighted by Gasteiger charge is 2.49. The summed E-state index contributed by atoms with van der Waals surface area (Å²) in [7, 11) is 0. The Morgan fingerprint density at radius 1 is 0.565 bits per heavy atom. The second-order valence-corrected chi connectivity index (χ2v) is 30.5. The molecule has 4 saturated heterocycles. The van der Waals surface area contributed by atoms with Crippen molar-refractivity contribution in [2.45, 2.75) is 305 Å². The minimum absolute atomic E-state index is 0. The third kappa shape index (κ3) is 31.2. The third-order valence-corrected chi connectivity index (χ3v) is 20.4. The SMILES string of the molecule is CCCCCCCCCCCCC[C@@H]1CC(=O)N[C@H]([C@@H](C)O)C(=O)N[C@H](C)C(=O)N[C@@H](Cc2ccc(O)cc2)C(=O)N[C@@H](C(C)C)C(=O)N2C[C@H](O)C[C@H]2C(=O)N[C@H]([C@@H](C)O)C(=O)N[C@@H]([C@@H](C)O)C(=O)N2CC[C@H](O)[C@H]2C(=O)N[C@@H]([C@H](O)CC(N)=O)C(=O)NCC(=O)N[C@H]([C@@H](C)O)C(=O)N[C@@H](CCCNC(=O)[C@@H]2CCN2)C(=O)O1.Cl. The van der Waals surface area contributed by atoms with Crippen molar-refractivity contribution in [3.8, 4) is 5.75 Å². The summed E-state index contributed by atoms with van der Waals surface area (Å²) < 4.78 is 6.04. The lowest BCUT2D eigenvalue weighted by atomic mass is 9.99. The van der Waals surface area contributed by atoms with Crippen LogP contribution in [0.4, 0.5) is 0 Å². The predicted molar refractivity (Wildman–Crippen MR) is 413 cm³/mol.